The van der Waals surface area contributed by atoms with Crippen LogP contribution in [0.15, 0.2) is 101 Å². The summed E-state index contributed by atoms with van der Waals surface area (Å²) >= 11 is 13.8. The lowest BCUT2D eigenvalue weighted by atomic mass is 9.73. The standard InChI is InChI=1S/C21H28Br2O2.C11H14Br2O2.C10H16O.C7H8O3S/c1-5-6-7-8-15-18(22)20(24)17(21(25)19(15)23)16-11-13(4)9-10-14(16)12(2)3;1-2-3-4-5-7-10(12)8(14)6-9(15)11(7)13;1-8(2)9-4-6-10(3,11)7-5-9;1-6-2-4-7(5-3-6)11(8,9)10/h11,14,16,24-25H,2,5-10H2,1,3-4H3;6,14-15H,2-5H2,1H3;4,6,9,11H,1,5,7H2,2-3H3;2-5H,1H3,(H,8,9,10)/t14-,16?;;9-,10+;/m0.0./s1. The predicted octanol–water partition coefficient (Wildman–Crippen LogP) is 15.2. The van der Waals surface area contributed by atoms with E-state index in [4.69, 9.17) is 4.55 Å². The summed E-state index contributed by atoms with van der Waals surface area (Å²) in [5.41, 5.74) is 6.43. The molecule has 0 radical (unpaired) electrons. The predicted molar refractivity (Wildman–Crippen MR) is 269 cm³/mol. The molecule has 344 valence electrons. The number of phenols is 4. The number of phenolic OH excluding ortho intramolecular Hbond substituents is 4. The van der Waals surface area contributed by atoms with Gasteiger partial charge < -0.3 is 25.5 Å². The number of aliphatic hydroxyl groups is 1. The third kappa shape index (κ3) is 16.9. The van der Waals surface area contributed by atoms with Crippen molar-refractivity contribution in [2.24, 2.45) is 11.8 Å². The number of halogens is 4. The number of unbranched alkanes of at least 4 members (excludes halogenated alkanes) is 4. The lowest BCUT2D eigenvalue weighted by Crippen LogP contribution is -2.25. The number of hydrogen-bond donors (Lipinski definition) is 6. The molecule has 0 fully saturated rings. The summed E-state index contributed by atoms with van der Waals surface area (Å²) < 4.78 is 32.3. The first-order chi connectivity index (χ1) is 28.9. The molecule has 0 amide bonds. The molecule has 13 heteroatoms. The van der Waals surface area contributed by atoms with Crippen molar-refractivity contribution in [2.75, 3.05) is 0 Å². The van der Waals surface area contributed by atoms with E-state index in [2.05, 4.69) is 110 Å². The molecule has 0 aromatic heterocycles. The Kier molecular flexibility index (Phi) is 23.3. The highest BCUT2D eigenvalue weighted by atomic mass is 79.9. The van der Waals surface area contributed by atoms with Crippen molar-refractivity contribution in [3.63, 3.8) is 0 Å². The molecule has 0 saturated carbocycles. The molecule has 0 spiro atoms. The van der Waals surface area contributed by atoms with Gasteiger partial charge in [0.15, 0.2) is 0 Å². The molecule has 5 rings (SSSR count). The van der Waals surface area contributed by atoms with Gasteiger partial charge in [-0.1, -0.05) is 105 Å². The minimum absolute atomic E-state index is 0.0523. The van der Waals surface area contributed by atoms with Crippen molar-refractivity contribution >= 4 is 73.8 Å². The molecule has 2 aliphatic rings. The van der Waals surface area contributed by atoms with E-state index in [-0.39, 0.29) is 39.7 Å². The van der Waals surface area contributed by atoms with E-state index in [1.165, 1.54) is 29.3 Å². The molecule has 4 atom stereocenters. The van der Waals surface area contributed by atoms with Crippen LogP contribution in [0.3, 0.4) is 0 Å². The molecular formula is C49H66Br4O8S. The fourth-order valence-corrected chi connectivity index (χ4v) is 10.5. The van der Waals surface area contributed by atoms with Gasteiger partial charge in [-0.2, -0.15) is 8.42 Å². The summed E-state index contributed by atoms with van der Waals surface area (Å²) in [6.45, 7) is 22.2. The second kappa shape index (κ2) is 25.9. The SMILES string of the molecule is C=C(C)[C@@H]1CCC(C)=CC1c1c(O)c(Br)c(CCCCC)c(Br)c1O.C=C(C)[C@H]1C=C[C@@](C)(O)CC1.CCCCCc1c(Br)c(O)cc(O)c1Br.Cc1ccc(S(=O)(=O)O)cc1. The first kappa shape index (κ1) is 55.7. The van der Waals surface area contributed by atoms with Crippen LogP contribution in [0.5, 0.6) is 23.0 Å². The van der Waals surface area contributed by atoms with Crippen molar-refractivity contribution in [1.82, 2.24) is 0 Å². The lowest BCUT2D eigenvalue weighted by Gasteiger charge is -2.32. The molecule has 62 heavy (non-hydrogen) atoms. The second-order valence-electron chi connectivity index (χ2n) is 16.7. The van der Waals surface area contributed by atoms with E-state index in [0.717, 1.165) is 99.3 Å². The number of aromatic hydroxyl groups is 4. The van der Waals surface area contributed by atoms with Gasteiger partial charge in [0, 0.05) is 17.5 Å². The van der Waals surface area contributed by atoms with E-state index in [1.54, 1.807) is 12.1 Å². The average molecular weight is 1130 g/mol. The van der Waals surface area contributed by atoms with Gasteiger partial charge in [0.1, 0.15) is 23.0 Å². The molecule has 2 aliphatic carbocycles. The van der Waals surface area contributed by atoms with Crippen LogP contribution >= 0.6 is 63.7 Å². The maximum absolute atomic E-state index is 10.9. The van der Waals surface area contributed by atoms with E-state index < -0.39 is 15.7 Å². The molecule has 3 aromatic carbocycles. The number of rotatable bonds is 12. The summed E-state index contributed by atoms with van der Waals surface area (Å²) in [6.07, 6.45) is 18.3. The highest BCUT2D eigenvalue weighted by Gasteiger charge is 2.33. The number of benzene rings is 3. The Morgan fingerprint density at radius 1 is 0.774 bits per heavy atom. The summed E-state index contributed by atoms with van der Waals surface area (Å²) in [7, 11) is -4.02. The Hall–Kier alpha value is -2.39. The van der Waals surface area contributed by atoms with E-state index >= 15 is 0 Å². The van der Waals surface area contributed by atoms with Crippen LogP contribution in [0.25, 0.3) is 0 Å². The van der Waals surface area contributed by atoms with Crippen LogP contribution in [0.4, 0.5) is 0 Å². The largest absolute Gasteiger partial charge is 0.507 e. The van der Waals surface area contributed by atoms with E-state index in [1.807, 2.05) is 33.8 Å². The van der Waals surface area contributed by atoms with Crippen LogP contribution in [0.1, 0.15) is 134 Å². The first-order valence-electron chi connectivity index (χ1n) is 21.1. The topological polar surface area (TPSA) is 156 Å². The Morgan fingerprint density at radius 3 is 1.66 bits per heavy atom. The molecule has 0 heterocycles. The highest BCUT2D eigenvalue weighted by molar-refractivity contribution is 9.11. The van der Waals surface area contributed by atoms with Gasteiger partial charge in [-0.05, 0) is 185 Å². The molecule has 1 unspecified atom stereocenters. The number of hydrogen-bond acceptors (Lipinski definition) is 7. The van der Waals surface area contributed by atoms with E-state index in [9.17, 15) is 34.0 Å². The maximum atomic E-state index is 10.9. The van der Waals surface area contributed by atoms with Crippen molar-refractivity contribution in [3.8, 4) is 23.0 Å². The summed E-state index contributed by atoms with van der Waals surface area (Å²) in [5.74, 6) is 1.15. The van der Waals surface area contributed by atoms with Gasteiger partial charge in [-0.3, -0.25) is 4.55 Å². The van der Waals surface area contributed by atoms with Gasteiger partial charge in [-0.25, -0.2) is 0 Å². The zero-order chi connectivity index (χ0) is 47.1. The van der Waals surface area contributed by atoms with Crippen molar-refractivity contribution in [3.05, 3.63) is 119 Å². The second-order valence-corrected chi connectivity index (χ2v) is 21.3. The van der Waals surface area contributed by atoms with Gasteiger partial charge in [0.25, 0.3) is 10.1 Å². The molecule has 0 aliphatic heterocycles. The molecule has 3 aromatic rings. The van der Waals surface area contributed by atoms with Gasteiger partial charge in [0.05, 0.1) is 28.4 Å². The smallest absolute Gasteiger partial charge is 0.294 e. The molecule has 8 nitrogen and oxygen atoms in total. The van der Waals surface area contributed by atoms with Gasteiger partial charge in [0.2, 0.25) is 0 Å². The fraction of sp³-hybridized carbons (Fsp3) is 0.469. The minimum atomic E-state index is -4.02. The quantitative estimate of drug-likeness (QED) is 0.0595. The van der Waals surface area contributed by atoms with Crippen molar-refractivity contribution < 1.29 is 38.5 Å². The Labute approximate surface area is 404 Å². The van der Waals surface area contributed by atoms with Crippen LogP contribution in [-0.2, 0) is 23.0 Å². The Balaban J connectivity index is 0.000000305. The van der Waals surface area contributed by atoms with E-state index in [0.29, 0.717) is 29.4 Å². The summed E-state index contributed by atoms with van der Waals surface area (Å²) in [5, 5.41) is 50.4. The molecule has 0 saturated heterocycles. The highest BCUT2D eigenvalue weighted by Crippen LogP contribution is 2.52. The number of aryl methyl sites for hydroxylation is 1. The average Bonchev–Trinajstić information content (AvgIpc) is 3.19. The van der Waals surface area contributed by atoms with Crippen LogP contribution < -0.4 is 0 Å². The van der Waals surface area contributed by atoms with Gasteiger partial charge in [-0.15, -0.1) is 0 Å². The minimum Gasteiger partial charge on any atom is -0.507 e. The fourth-order valence-electron chi connectivity index (χ4n) is 7.23. The van der Waals surface area contributed by atoms with Gasteiger partial charge >= 0.3 is 0 Å². The zero-order valence-corrected chi connectivity index (χ0v) is 44.3. The zero-order valence-electron chi connectivity index (χ0n) is 37.2. The maximum Gasteiger partial charge on any atom is 0.294 e. The molecular weight excluding hydrogens is 1070 g/mol. The summed E-state index contributed by atoms with van der Waals surface area (Å²) in [6, 6.07) is 7.32. The van der Waals surface area contributed by atoms with Crippen molar-refractivity contribution in [2.45, 2.75) is 142 Å². The van der Waals surface area contributed by atoms with Crippen LogP contribution in [-0.4, -0.2) is 44.1 Å². The third-order valence-corrected chi connectivity index (χ3v) is 15.4. The van der Waals surface area contributed by atoms with Crippen LogP contribution in [0.2, 0.25) is 0 Å². The summed E-state index contributed by atoms with van der Waals surface area (Å²) in [4.78, 5) is -0.0666. The Bertz CT molecular complexity index is 2110. The van der Waals surface area contributed by atoms with Crippen molar-refractivity contribution in [1.29, 1.82) is 0 Å². The first-order valence-corrected chi connectivity index (χ1v) is 25.7. The molecule has 6 N–H and O–H groups in total. The normalized spacial score (nSPS) is 19.4. The molecule has 0 bridgehead atoms. The van der Waals surface area contributed by atoms with Crippen LogP contribution in [0, 0.1) is 18.8 Å². The number of allylic oxidation sites excluding steroid dienone is 5. The third-order valence-electron chi connectivity index (χ3n) is 11.1. The monoisotopic (exact) mass is 1130 g/mol. The lowest BCUT2D eigenvalue weighted by molar-refractivity contribution is 0.0903. The Morgan fingerprint density at radius 2 is 1.26 bits per heavy atom.